The molecule has 1 amide bonds. The van der Waals surface area contributed by atoms with E-state index in [0.29, 0.717) is 23.5 Å². The molecule has 2 heterocycles. The van der Waals surface area contributed by atoms with Gasteiger partial charge in [-0.15, -0.1) is 0 Å². The first-order valence-corrected chi connectivity index (χ1v) is 11.0. The van der Waals surface area contributed by atoms with E-state index >= 15 is 0 Å². The van der Waals surface area contributed by atoms with Crippen molar-refractivity contribution in [3.63, 3.8) is 0 Å². The van der Waals surface area contributed by atoms with Crippen molar-refractivity contribution in [3.8, 4) is 17.1 Å². The standard InChI is InChI=1S/C24H31N3O3/c1-15(2)16(3)20-14-19(8-9-21(20)29-4)22-25-23(30-26-22)17-10-12-27(13-11-17)24(28)18-6-5-7-18/h8-9,14-15,17-18H,3,5-7,10-13H2,1-2,4H3. The highest BCUT2D eigenvalue weighted by Gasteiger charge is 2.33. The minimum absolute atomic E-state index is 0.208. The number of carbonyl (C=O) groups excluding carboxylic acids is 1. The highest BCUT2D eigenvalue weighted by molar-refractivity contribution is 5.79. The summed E-state index contributed by atoms with van der Waals surface area (Å²) in [6, 6.07) is 5.90. The van der Waals surface area contributed by atoms with Gasteiger partial charge in [0.15, 0.2) is 0 Å². The molecule has 4 rings (SSSR count). The second-order valence-electron chi connectivity index (χ2n) is 8.78. The quantitative estimate of drug-likeness (QED) is 0.677. The van der Waals surface area contributed by atoms with Crippen LogP contribution in [-0.4, -0.2) is 41.1 Å². The second kappa shape index (κ2) is 8.62. The molecule has 1 saturated heterocycles. The smallest absolute Gasteiger partial charge is 0.230 e. The molecule has 2 aromatic rings. The van der Waals surface area contributed by atoms with Crippen LogP contribution in [0.1, 0.15) is 63.3 Å². The SMILES string of the molecule is C=C(c1cc(-c2noc(C3CCN(C(=O)C4CCC4)CC3)n2)ccc1OC)C(C)C. The lowest BCUT2D eigenvalue weighted by Crippen LogP contribution is -2.43. The van der Waals surface area contributed by atoms with Crippen LogP contribution in [-0.2, 0) is 4.79 Å². The fraction of sp³-hybridized carbons (Fsp3) is 0.542. The van der Waals surface area contributed by atoms with Crippen molar-refractivity contribution in [1.82, 2.24) is 15.0 Å². The summed E-state index contributed by atoms with van der Waals surface area (Å²) in [6.45, 7) is 9.99. The van der Waals surface area contributed by atoms with E-state index in [0.717, 1.165) is 61.2 Å². The van der Waals surface area contributed by atoms with E-state index < -0.39 is 0 Å². The molecule has 1 aliphatic heterocycles. The summed E-state index contributed by atoms with van der Waals surface area (Å²) in [4.78, 5) is 19.2. The highest BCUT2D eigenvalue weighted by Crippen LogP contribution is 2.35. The molecule has 2 fully saturated rings. The van der Waals surface area contributed by atoms with Crippen LogP contribution in [0.4, 0.5) is 0 Å². The number of methoxy groups -OCH3 is 1. The Morgan fingerprint density at radius 1 is 1.23 bits per heavy atom. The van der Waals surface area contributed by atoms with Crippen molar-refractivity contribution in [2.24, 2.45) is 11.8 Å². The van der Waals surface area contributed by atoms with Gasteiger partial charge in [0.05, 0.1) is 7.11 Å². The molecule has 160 valence electrons. The zero-order chi connectivity index (χ0) is 21.3. The third kappa shape index (κ3) is 4.00. The van der Waals surface area contributed by atoms with Crippen LogP contribution in [0.5, 0.6) is 5.75 Å². The lowest BCUT2D eigenvalue weighted by molar-refractivity contribution is -0.139. The van der Waals surface area contributed by atoms with Crippen molar-refractivity contribution >= 4 is 11.5 Å². The first kappa shape index (κ1) is 20.6. The van der Waals surface area contributed by atoms with Crippen LogP contribution in [0.15, 0.2) is 29.3 Å². The predicted octanol–water partition coefficient (Wildman–Crippen LogP) is 4.92. The summed E-state index contributed by atoms with van der Waals surface area (Å²) in [5.41, 5.74) is 2.88. The zero-order valence-corrected chi connectivity index (χ0v) is 18.2. The molecule has 1 aromatic carbocycles. The number of nitrogens with zero attached hydrogens (tertiary/aromatic N) is 3. The molecule has 0 N–H and O–H groups in total. The van der Waals surface area contributed by atoms with E-state index in [9.17, 15) is 4.79 Å². The number of allylic oxidation sites excluding steroid dienone is 1. The molecule has 1 aromatic heterocycles. The molecule has 30 heavy (non-hydrogen) atoms. The largest absolute Gasteiger partial charge is 0.496 e. The van der Waals surface area contributed by atoms with E-state index in [1.165, 1.54) is 6.42 Å². The third-order valence-corrected chi connectivity index (χ3v) is 6.55. The van der Waals surface area contributed by atoms with Gasteiger partial charge < -0.3 is 14.2 Å². The maximum absolute atomic E-state index is 12.5. The van der Waals surface area contributed by atoms with Crippen molar-refractivity contribution < 1.29 is 14.1 Å². The first-order chi connectivity index (χ1) is 14.5. The number of piperidine rings is 1. The topological polar surface area (TPSA) is 68.5 Å². The lowest BCUT2D eigenvalue weighted by atomic mass is 9.83. The predicted molar refractivity (Wildman–Crippen MR) is 116 cm³/mol. The number of benzene rings is 1. The lowest BCUT2D eigenvalue weighted by Gasteiger charge is -2.35. The van der Waals surface area contributed by atoms with E-state index in [2.05, 4.69) is 30.6 Å². The van der Waals surface area contributed by atoms with Crippen molar-refractivity contribution in [1.29, 1.82) is 0 Å². The Morgan fingerprint density at radius 2 is 1.97 bits per heavy atom. The number of ether oxygens (including phenoxy) is 1. The molecule has 0 bridgehead atoms. The van der Waals surface area contributed by atoms with E-state index in [1.807, 2.05) is 23.1 Å². The Labute approximate surface area is 178 Å². The van der Waals surface area contributed by atoms with Crippen LogP contribution < -0.4 is 4.74 Å². The van der Waals surface area contributed by atoms with E-state index in [-0.39, 0.29) is 11.8 Å². The molecule has 1 aliphatic carbocycles. The molecule has 6 heteroatoms. The van der Waals surface area contributed by atoms with Gasteiger partial charge in [-0.1, -0.05) is 32.0 Å². The molecule has 0 spiro atoms. The average molecular weight is 410 g/mol. The van der Waals surface area contributed by atoms with E-state index in [1.54, 1.807) is 7.11 Å². The maximum Gasteiger partial charge on any atom is 0.230 e. The number of aromatic nitrogens is 2. The Bertz CT molecular complexity index is 922. The van der Waals surface area contributed by atoms with Gasteiger partial charge in [0.1, 0.15) is 5.75 Å². The monoisotopic (exact) mass is 409 g/mol. The fourth-order valence-electron chi connectivity index (χ4n) is 4.19. The summed E-state index contributed by atoms with van der Waals surface area (Å²) < 4.78 is 11.1. The number of hydrogen-bond donors (Lipinski definition) is 0. The normalized spacial score (nSPS) is 17.8. The van der Waals surface area contributed by atoms with E-state index in [4.69, 9.17) is 9.26 Å². The molecule has 0 radical (unpaired) electrons. The summed E-state index contributed by atoms with van der Waals surface area (Å²) >= 11 is 0. The highest BCUT2D eigenvalue weighted by atomic mass is 16.5. The Kier molecular flexibility index (Phi) is 5.93. The summed E-state index contributed by atoms with van der Waals surface area (Å²) in [6.07, 6.45) is 5.04. The first-order valence-electron chi connectivity index (χ1n) is 11.0. The third-order valence-electron chi connectivity index (χ3n) is 6.55. The van der Waals surface area contributed by atoms with Gasteiger partial charge in [-0.25, -0.2) is 0 Å². The summed E-state index contributed by atoms with van der Waals surface area (Å²) in [7, 11) is 1.67. The van der Waals surface area contributed by atoms with Crippen molar-refractivity contribution in [2.45, 2.75) is 51.9 Å². The number of amides is 1. The summed E-state index contributed by atoms with van der Waals surface area (Å²) in [5, 5.41) is 4.23. The van der Waals surface area contributed by atoms with Gasteiger partial charge >= 0.3 is 0 Å². The minimum atomic E-state index is 0.208. The van der Waals surface area contributed by atoms with Gasteiger partial charge in [0, 0.05) is 36.1 Å². The zero-order valence-electron chi connectivity index (χ0n) is 18.2. The molecule has 2 aliphatic rings. The molecule has 0 unspecified atom stereocenters. The average Bonchev–Trinajstić information content (AvgIpc) is 3.21. The molecular formula is C24H31N3O3. The number of carbonyl (C=O) groups is 1. The van der Waals surface area contributed by atoms with Crippen LogP contribution in [0, 0.1) is 11.8 Å². The number of hydrogen-bond acceptors (Lipinski definition) is 5. The van der Waals surface area contributed by atoms with Gasteiger partial charge in [0.2, 0.25) is 17.6 Å². The van der Waals surface area contributed by atoms with Crippen molar-refractivity contribution in [3.05, 3.63) is 36.2 Å². The molecular weight excluding hydrogens is 378 g/mol. The molecule has 6 nitrogen and oxygen atoms in total. The minimum Gasteiger partial charge on any atom is -0.496 e. The van der Waals surface area contributed by atoms with Gasteiger partial charge in [0.25, 0.3) is 0 Å². The molecule has 0 atom stereocenters. The fourth-order valence-corrected chi connectivity index (χ4v) is 4.19. The Morgan fingerprint density at radius 3 is 2.57 bits per heavy atom. The van der Waals surface area contributed by atoms with Crippen molar-refractivity contribution in [2.75, 3.05) is 20.2 Å². The van der Waals surface area contributed by atoms with Gasteiger partial charge in [-0.05, 0) is 55.4 Å². The van der Waals surface area contributed by atoms with Crippen LogP contribution in [0.25, 0.3) is 17.0 Å². The maximum atomic E-state index is 12.5. The van der Waals surface area contributed by atoms with Crippen LogP contribution in [0.2, 0.25) is 0 Å². The Hall–Kier alpha value is -2.63. The summed E-state index contributed by atoms with van der Waals surface area (Å²) in [5.74, 6) is 3.16. The number of rotatable bonds is 6. The van der Waals surface area contributed by atoms with Crippen LogP contribution in [0.3, 0.4) is 0 Å². The van der Waals surface area contributed by atoms with Gasteiger partial charge in [-0.2, -0.15) is 4.98 Å². The second-order valence-corrected chi connectivity index (χ2v) is 8.78. The van der Waals surface area contributed by atoms with Crippen LogP contribution >= 0.6 is 0 Å². The number of likely N-dealkylation sites (tertiary alicyclic amines) is 1. The Balaban J connectivity index is 1.46. The van der Waals surface area contributed by atoms with Gasteiger partial charge in [-0.3, -0.25) is 4.79 Å². The molecule has 1 saturated carbocycles.